The maximum Gasteiger partial charge on any atom is 0.235 e. The Morgan fingerprint density at radius 3 is 2.68 bits per heavy atom. The minimum atomic E-state index is -3.31. The van der Waals surface area contributed by atoms with E-state index in [0.29, 0.717) is 24.3 Å². The molecular formula is C20H23FN2O3S2. The minimum absolute atomic E-state index is 0.130. The van der Waals surface area contributed by atoms with Gasteiger partial charge < -0.3 is 5.32 Å². The summed E-state index contributed by atoms with van der Waals surface area (Å²) in [6, 6.07) is 11.4. The highest BCUT2D eigenvalue weighted by atomic mass is 32.2. The summed E-state index contributed by atoms with van der Waals surface area (Å²) in [7, 11) is -3.31. The lowest BCUT2D eigenvalue weighted by Gasteiger charge is -2.30. The second kappa shape index (κ2) is 8.96. The van der Waals surface area contributed by atoms with Gasteiger partial charge in [-0.15, -0.1) is 11.8 Å². The fourth-order valence-corrected chi connectivity index (χ4v) is 5.49. The number of halogens is 1. The largest absolute Gasteiger partial charge is 0.325 e. The van der Waals surface area contributed by atoms with Crippen LogP contribution in [-0.4, -0.2) is 32.4 Å². The molecule has 0 fully saturated rings. The zero-order valence-electron chi connectivity index (χ0n) is 15.7. The molecule has 0 spiro atoms. The number of carbonyl (C=O) groups excluding carboxylic acids is 1. The van der Waals surface area contributed by atoms with Crippen LogP contribution in [0, 0.1) is 5.82 Å². The highest BCUT2D eigenvalue weighted by Gasteiger charge is 2.26. The van der Waals surface area contributed by atoms with Crippen molar-refractivity contribution in [3.8, 4) is 0 Å². The number of carbonyl (C=O) groups is 1. The van der Waals surface area contributed by atoms with E-state index < -0.39 is 10.0 Å². The van der Waals surface area contributed by atoms with E-state index in [0.717, 1.165) is 23.3 Å². The summed E-state index contributed by atoms with van der Waals surface area (Å²) in [5.74, 6) is -0.135. The summed E-state index contributed by atoms with van der Waals surface area (Å²) < 4.78 is 39.4. The van der Waals surface area contributed by atoms with Crippen molar-refractivity contribution >= 4 is 39.1 Å². The number of fused-ring (bicyclic) bond motifs is 1. The molecule has 0 aliphatic carbocycles. The molecule has 0 bridgehead atoms. The van der Waals surface area contributed by atoms with Gasteiger partial charge in [0.15, 0.2) is 0 Å². The Labute approximate surface area is 169 Å². The van der Waals surface area contributed by atoms with Crippen molar-refractivity contribution in [2.45, 2.75) is 31.1 Å². The monoisotopic (exact) mass is 422 g/mol. The summed E-state index contributed by atoms with van der Waals surface area (Å²) in [5.41, 5.74) is 2.28. The van der Waals surface area contributed by atoms with Gasteiger partial charge >= 0.3 is 0 Å². The number of sulfonamides is 1. The molecule has 0 saturated carbocycles. The third-order valence-corrected chi connectivity index (χ3v) is 7.41. The van der Waals surface area contributed by atoms with Gasteiger partial charge in [0, 0.05) is 17.1 Å². The number of amides is 1. The maximum absolute atomic E-state index is 12.9. The second-order valence-electron chi connectivity index (χ2n) is 6.63. The Hall–Kier alpha value is -2.06. The number of aryl methyl sites for hydroxylation is 1. The molecular weight excluding hydrogens is 399 g/mol. The summed E-state index contributed by atoms with van der Waals surface area (Å²) in [6.45, 7) is 2.35. The number of benzene rings is 2. The lowest BCUT2D eigenvalue weighted by molar-refractivity contribution is -0.113. The second-order valence-corrected chi connectivity index (χ2v) is 9.69. The van der Waals surface area contributed by atoms with E-state index in [-0.39, 0.29) is 23.2 Å². The molecule has 150 valence electrons. The van der Waals surface area contributed by atoms with Crippen molar-refractivity contribution in [3.63, 3.8) is 0 Å². The average Bonchev–Trinajstić information content (AvgIpc) is 2.67. The van der Waals surface area contributed by atoms with Gasteiger partial charge in [0.25, 0.3) is 0 Å². The molecule has 0 saturated heterocycles. The third-order valence-electron chi connectivity index (χ3n) is 4.42. The summed E-state index contributed by atoms with van der Waals surface area (Å²) >= 11 is 1.33. The normalized spacial score (nSPS) is 13.9. The summed E-state index contributed by atoms with van der Waals surface area (Å²) in [6.07, 6.45) is 2.11. The SMILES string of the molecule is CCCS(=O)(=O)N1CCCc2cc(NC(=O)CSc3ccc(F)cc3)ccc21. The first-order chi connectivity index (χ1) is 13.4. The molecule has 1 heterocycles. The van der Waals surface area contributed by atoms with E-state index in [1.165, 1.54) is 28.2 Å². The van der Waals surface area contributed by atoms with Crippen molar-refractivity contribution in [1.82, 2.24) is 0 Å². The predicted octanol–water partition coefficient (Wildman–Crippen LogP) is 4.05. The average molecular weight is 423 g/mol. The van der Waals surface area contributed by atoms with Crippen LogP contribution in [0.4, 0.5) is 15.8 Å². The summed E-state index contributed by atoms with van der Waals surface area (Å²) in [4.78, 5) is 13.0. The summed E-state index contributed by atoms with van der Waals surface area (Å²) in [5, 5.41) is 2.85. The molecule has 1 N–H and O–H groups in total. The highest BCUT2D eigenvalue weighted by Crippen LogP contribution is 2.32. The Bertz CT molecular complexity index is 946. The molecule has 1 aliphatic rings. The molecule has 0 aromatic heterocycles. The van der Waals surface area contributed by atoms with E-state index in [2.05, 4.69) is 5.32 Å². The van der Waals surface area contributed by atoms with Gasteiger partial charge in [-0.2, -0.15) is 0 Å². The predicted molar refractivity (Wildman–Crippen MR) is 112 cm³/mol. The van der Waals surface area contributed by atoms with Gasteiger partial charge in [0.05, 0.1) is 17.2 Å². The fraction of sp³-hybridized carbons (Fsp3) is 0.350. The molecule has 2 aromatic carbocycles. The Balaban J connectivity index is 1.66. The number of hydrogen-bond acceptors (Lipinski definition) is 4. The van der Waals surface area contributed by atoms with Crippen LogP contribution in [0.15, 0.2) is 47.4 Å². The van der Waals surface area contributed by atoms with Crippen molar-refractivity contribution in [2.24, 2.45) is 0 Å². The van der Waals surface area contributed by atoms with Crippen LogP contribution in [0.1, 0.15) is 25.3 Å². The molecule has 3 rings (SSSR count). The Morgan fingerprint density at radius 1 is 1.21 bits per heavy atom. The van der Waals surface area contributed by atoms with Gasteiger partial charge in [0.1, 0.15) is 5.82 Å². The first-order valence-corrected chi connectivity index (χ1v) is 11.8. The van der Waals surface area contributed by atoms with Crippen LogP contribution in [0.25, 0.3) is 0 Å². The van der Waals surface area contributed by atoms with Gasteiger partial charge in [-0.25, -0.2) is 12.8 Å². The van der Waals surface area contributed by atoms with Crippen molar-refractivity contribution in [2.75, 3.05) is 27.7 Å². The van der Waals surface area contributed by atoms with Gasteiger partial charge in [-0.1, -0.05) is 6.92 Å². The Kier molecular flexibility index (Phi) is 6.61. The molecule has 1 aliphatic heterocycles. The molecule has 2 aromatic rings. The minimum Gasteiger partial charge on any atom is -0.325 e. The number of nitrogens with one attached hydrogen (secondary N) is 1. The van der Waals surface area contributed by atoms with Crippen molar-refractivity contribution in [3.05, 3.63) is 53.8 Å². The molecule has 0 unspecified atom stereocenters. The first-order valence-electron chi connectivity index (χ1n) is 9.20. The number of rotatable bonds is 7. The number of hydrogen-bond donors (Lipinski definition) is 1. The van der Waals surface area contributed by atoms with Crippen LogP contribution in [0.5, 0.6) is 0 Å². The lowest BCUT2D eigenvalue weighted by atomic mass is 10.0. The molecule has 8 heteroatoms. The van der Waals surface area contributed by atoms with E-state index in [1.807, 2.05) is 13.0 Å². The molecule has 0 atom stereocenters. The van der Waals surface area contributed by atoms with Crippen molar-refractivity contribution < 1.29 is 17.6 Å². The fourth-order valence-electron chi connectivity index (χ4n) is 3.17. The van der Waals surface area contributed by atoms with Crippen LogP contribution in [0.2, 0.25) is 0 Å². The third kappa shape index (κ3) is 5.05. The smallest absolute Gasteiger partial charge is 0.235 e. The first kappa shape index (κ1) is 20.7. The van der Waals surface area contributed by atoms with Crippen LogP contribution in [0.3, 0.4) is 0 Å². The van der Waals surface area contributed by atoms with Crippen LogP contribution < -0.4 is 9.62 Å². The quantitative estimate of drug-likeness (QED) is 0.684. The van der Waals surface area contributed by atoms with E-state index in [1.54, 1.807) is 24.3 Å². The van der Waals surface area contributed by atoms with Gasteiger partial charge in [0.2, 0.25) is 15.9 Å². The highest BCUT2D eigenvalue weighted by molar-refractivity contribution is 8.00. The van der Waals surface area contributed by atoms with Crippen molar-refractivity contribution in [1.29, 1.82) is 0 Å². The topological polar surface area (TPSA) is 66.5 Å². The van der Waals surface area contributed by atoms with Gasteiger partial charge in [-0.05, 0) is 67.3 Å². The maximum atomic E-state index is 12.9. The van der Waals surface area contributed by atoms with Gasteiger partial charge in [-0.3, -0.25) is 9.10 Å². The zero-order valence-corrected chi connectivity index (χ0v) is 17.3. The standard InChI is InChI=1S/C20H23FN2O3S2/c1-2-12-28(25,26)23-11-3-4-15-13-17(7-10-19(15)23)22-20(24)14-27-18-8-5-16(21)6-9-18/h5-10,13H,2-4,11-12,14H2,1H3,(H,22,24). The lowest BCUT2D eigenvalue weighted by Crippen LogP contribution is -2.37. The Morgan fingerprint density at radius 2 is 1.96 bits per heavy atom. The molecule has 0 radical (unpaired) electrons. The molecule has 1 amide bonds. The zero-order chi connectivity index (χ0) is 20.1. The van der Waals surface area contributed by atoms with Crippen LogP contribution in [-0.2, 0) is 21.2 Å². The number of nitrogens with zero attached hydrogens (tertiary/aromatic N) is 1. The van der Waals surface area contributed by atoms with E-state index in [4.69, 9.17) is 0 Å². The number of anilines is 2. The van der Waals surface area contributed by atoms with E-state index >= 15 is 0 Å². The van der Waals surface area contributed by atoms with Crippen LogP contribution >= 0.6 is 11.8 Å². The molecule has 5 nitrogen and oxygen atoms in total. The van der Waals surface area contributed by atoms with E-state index in [9.17, 15) is 17.6 Å². The number of thioether (sulfide) groups is 1. The molecule has 28 heavy (non-hydrogen) atoms.